The van der Waals surface area contributed by atoms with Crippen molar-refractivity contribution >= 4 is 17.5 Å². The van der Waals surface area contributed by atoms with Crippen molar-refractivity contribution in [1.29, 1.82) is 0 Å². The van der Waals surface area contributed by atoms with E-state index in [9.17, 15) is 14.4 Å². The highest BCUT2D eigenvalue weighted by molar-refractivity contribution is 6.01. The van der Waals surface area contributed by atoms with Crippen LogP contribution in [0.2, 0.25) is 0 Å². The minimum Gasteiger partial charge on any atom is -0.465 e. The molecule has 1 aromatic rings. The van der Waals surface area contributed by atoms with Gasteiger partial charge in [0.15, 0.2) is 5.78 Å². The molecule has 3 atom stereocenters. The van der Waals surface area contributed by atoms with Crippen molar-refractivity contribution in [3.63, 3.8) is 0 Å². The van der Waals surface area contributed by atoms with Gasteiger partial charge in [-0.2, -0.15) is 0 Å². The van der Waals surface area contributed by atoms with Crippen molar-refractivity contribution < 1.29 is 19.1 Å². The van der Waals surface area contributed by atoms with Crippen molar-refractivity contribution in [3.05, 3.63) is 35.9 Å². The number of ketones is 2. The minimum atomic E-state index is -0.826. The quantitative estimate of drug-likeness (QED) is 0.458. The summed E-state index contributed by atoms with van der Waals surface area (Å²) in [4.78, 5) is 37.1. The second kappa shape index (κ2) is 8.04. The Morgan fingerprint density at radius 2 is 1.78 bits per heavy atom. The van der Waals surface area contributed by atoms with E-state index >= 15 is 0 Å². The van der Waals surface area contributed by atoms with Crippen LogP contribution in [-0.4, -0.2) is 24.1 Å². The lowest BCUT2D eigenvalue weighted by atomic mass is 9.68. The van der Waals surface area contributed by atoms with Gasteiger partial charge in [-0.3, -0.25) is 14.4 Å². The molecule has 1 fully saturated rings. The topological polar surface area (TPSA) is 60.4 Å². The smallest absolute Gasteiger partial charge is 0.316 e. The Morgan fingerprint density at radius 1 is 1.13 bits per heavy atom. The van der Waals surface area contributed by atoms with Gasteiger partial charge in [0.05, 0.1) is 6.61 Å². The van der Waals surface area contributed by atoms with E-state index in [2.05, 4.69) is 0 Å². The van der Waals surface area contributed by atoms with E-state index in [-0.39, 0.29) is 30.0 Å². The molecule has 1 unspecified atom stereocenters. The van der Waals surface area contributed by atoms with Gasteiger partial charge in [0.1, 0.15) is 11.7 Å². The number of carbonyl (C=O) groups excluding carboxylic acids is 3. The van der Waals surface area contributed by atoms with Crippen LogP contribution in [0.25, 0.3) is 0 Å². The number of hydrogen-bond acceptors (Lipinski definition) is 4. The number of rotatable bonds is 6. The average Bonchev–Trinajstić information content (AvgIpc) is 2.55. The van der Waals surface area contributed by atoms with Crippen LogP contribution in [0.3, 0.4) is 0 Å². The summed E-state index contributed by atoms with van der Waals surface area (Å²) >= 11 is 0. The number of carbonyl (C=O) groups is 3. The molecule has 0 saturated heterocycles. The molecule has 23 heavy (non-hydrogen) atoms. The Morgan fingerprint density at radius 3 is 2.39 bits per heavy atom. The monoisotopic (exact) mass is 316 g/mol. The lowest BCUT2D eigenvalue weighted by Crippen LogP contribution is -2.40. The van der Waals surface area contributed by atoms with Crippen LogP contribution >= 0.6 is 0 Å². The van der Waals surface area contributed by atoms with Gasteiger partial charge in [-0.25, -0.2) is 0 Å². The molecule has 4 heteroatoms. The van der Waals surface area contributed by atoms with Crippen LogP contribution in [0.1, 0.15) is 49.9 Å². The summed E-state index contributed by atoms with van der Waals surface area (Å²) in [5.74, 6) is -2.03. The third-order valence-corrected chi connectivity index (χ3v) is 4.62. The first kappa shape index (κ1) is 17.4. The lowest BCUT2D eigenvalue weighted by Gasteiger charge is -2.34. The van der Waals surface area contributed by atoms with E-state index in [0.29, 0.717) is 12.0 Å². The molecule has 2 rings (SSSR count). The first-order valence-corrected chi connectivity index (χ1v) is 8.32. The molecule has 1 aliphatic rings. The van der Waals surface area contributed by atoms with Crippen molar-refractivity contribution in [1.82, 2.24) is 0 Å². The molecule has 4 nitrogen and oxygen atoms in total. The van der Waals surface area contributed by atoms with Crippen molar-refractivity contribution in [3.8, 4) is 0 Å². The van der Waals surface area contributed by atoms with E-state index in [0.717, 1.165) is 19.3 Å². The fourth-order valence-corrected chi connectivity index (χ4v) is 3.57. The molecule has 0 bridgehead atoms. The summed E-state index contributed by atoms with van der Waals surface area (Å²) in [6.07, 6.45) is 3.33. The first-order valence-electron chi connectivity index (χ1n) is 8.32. The second-order valence-corrected chi connectivity index (χ2v) is 6.13. The number of hydrogen-bond donors (Lipinski definition) is 0. The normalized spacial score (nSPS) is 22.2. The zero-order chi connectivity index (χ0) is 16.8. The van der Waals surface area contributed by atoms with Gasteiger partial charge < -0.3 is 4.74 Å². The fraction of sp³-hybridized carbons (Fsp3) is 0.526. The summed E-state index contributed by atoms with van der Waals surface area (Å²) in [6.45, 7) is 3.38. The van der Waals surface area contributed by atoms with E-state index in [4.69, 9.17) is 4.74 Å². The Bertz CT molecular complexity index is 564. The lowest BCUT2D eigenvalue weighted by molar-refractivity contribution is -0.154. The number of ether oxygens (including phenoxy) is 1. The molecule has 0 radical (unpaired) electrons. The highest BCUT2D eigenvalue weighted by Gasteiger charge is 2.42. The van der Waals surface area contributed by atoms with Crippen LogP contribution in [0.5, 0.6) is 0 Å². The van der Waals surface area contributed by atoms with Gasteiger partial charge in [-0.1, -0.05) is 43.2 Å². The zero-order valence-electron chi connectivity index (χ0n) is 13.8. The summed E-state index contributed by atoms with van der Waals surface area (Å²) in [7, 11) is 0. The number of benzene rings is 1. The highest BCUT2D eigenvalue weighted by atomic mass is 16.5. The van der Waals surface area contributed by atoms with Gasteiger partial charge in [0.2, 0.25) is 0 Å². The molecule has 1 saturated carbocycles. The molecule has 1 aliphatic carbocycles. The molecule has 0 aliphatic heterocycles. The van der Waals surface area contributed by atoms with Crippen LogP contribution in [-0.2, 0) is 14.3 Å². The standard InChI is InChI=1S/C19H24O4/c1-3-23-19(22)17(13(2)20)15-11-7-8-12-16(15)18(21)14-9-5-4-6-10-14/h4-6,9-10,15-17H,3,7-8,11-12H2,1-2H3/t15-,16-,17?/m0/s1. The molecule has 1 aromatic carbocycles. The predicted octanol–water partition coefficient (Wildman–Crippen LogP) is 3.44. The first-order chi connectivity index (χ1) is 11.1. The summed E-state index contributed by atoms with van der Waals surface area (Å²) in [5.41, 5.74) is 0.649. The van der Waals surface area contributed by atoms with E-state index in [1.807, 2.05) is 18.2 Å². The number of Topliss-reactive ketones (excluding diaryl/α,β-unsaturated/α-hetero) is 2. The van der Waals surface area contributed by atoms with E-state index in [1.165, 1.54) is 6.92 Å². The van der Waals surface area contributed by atoms with E-state index in [1.54, 1.807) is 19.1 Å². The largest absolute Gasteiger partial charge is 0.465 e. The predicted molar refractivity (Wildman–Crippen MR) is 87.0 cm³/mol. The minimum absolute atomic E-state index is 0.0332. The summed E-state index contributed by atoms with van der Waals surface area (Å²) < 4.78 is 5.08. The highest BCUT2D eigenvalue weighted by Crippen LogP contribution is 2.38. The van der Waals surface area contributed by atoms with Gasteiger partial charge >= 0.3 is 5.97 Å². The van der Waals surface area contributed by atoms with Crippen LogP contribution in [0.15, 0.2) is 30.3 Å². The molecule has 0 N–H and O–H groups in total. The molecular weight excluding hydrogens is 292 g/mol. The fourth-order valence-electron chi connectivity index (χ4n) is 3.57. The van der Waals surface area contributed by atoms with Gasteiger partial charge in [0.25, 0.3) is 0 Å². The molecule has 124 valence electrons. The molecule has 0 heterocycles. The molecular formula is C19H24O4. The van der Waals surface area contributed by atoms with Crippen molar-refractivity contribution in [2.45, 2.75) is 39.5 Å². The maximum atomic E-state index is 12.9. The van der Waals surface area contributed by atoms with Gasteiger partial charge in [-0.15, -0.1) is 0 Å². The maximum absolute atomic E-state index is 12.9. The Kier molecular flexibility index (Phi) is 6.08. The van der Waals surface area contributed by atoms with Crippen LogP contribution in [0, 0.1) is 17.8 Å². The van der Waals surface area contributed by atoms with Crippen LogP contribution in [0.4, 0.5) is 0 Å². The molecule has 0 amide bonds. The second-order valence-electron chi connectivity index (χ2n) is 6.13. The zero-order valence-corrected chi connectivity index (χ0v) is 13.8. The molecule has 0 spiro atoms. The third kappa shape index (κ3) is 4.06. The maximum Gasteiger partial charge on any atom is 0.316 e. The third-order valence-electron chi connectivity index (χ3n) is 4.62. The van der Waals surface area contributed by atoms with Crippen molar-refractivity contribution in [2.75, 3.05) is 6.61 Å². The Hall–Kier alpha value is -1.97. The average molecular weight is 316 g/mol. The van der Waals surface area contributed by atoms with Gasteiger partial charge in [0, 0.05) is 11.5 Å². The van der Waals surface area contributed by atoms with Crippen molar-refractivity contribution in [2.24, 2.45) is 17.8 Å². The van der Waals surface area contributed by atoms with E-state index < -0.39 is 11.9 Å². The Balaban J connectivity index is 2.27. The number of esters is 1. The van der Waals surface area contributed by atoms with Crippen LogP contribution < -0.4 is 0 Å². The molecule has 0 aromatic heterocycles. The summed E-state index contributed by atoms with van der Waals surface area (Å²) in [6, 6.07) is 9.12. The van der Waals surface area contributed by atoms with Gasteiger partial charge in [-0.05, 0) is 32.6 Å². The summed E-state index contributed by atoms with van der Waals surface area (Å²) in [5, 5.41) is 0. The Labute approximate surface area is 137 Å². The SMILES string of the molecule is CCOC(=O)C(C(C)=O)[C@H]1CCCC[C@@H]1C(=O)c1ccccc1.